The third-order valence-electron chi connectivity index (χ3n) is 12.3. The van der Waals surface area contributed by atoms with Gasteiger partial charge < -0.3 is 8.83 Å². The summed E-state index contributed by atoms with van der Waals surface area (Å²) in [6, 6.07) is 38.1. The third-order valence-corrected chi connectivity index (χ3v) is 12.3. The summed E-state index contributed by atoms with van der Waals surface area (Å²) in [5, 5.41) is 3.43. The molecule has 2 aromatic heterocycles. The van der Waals surface area contributed by atoms with Gasteiger partial charge in [-0.3, -0.25) is 4.79 Å². The summed E-state index contributed by atoms with van der Waals surface area (Å²) < 4.78 is 12.8. The van der Waals surface area contributed by atoms with Gasteiger partial charge in [0.1, 0.15) is 22.5 Å². The molecule has 3 heteroatoms. The summed E-state index contributed by atoms with van der Waals surface area (Å²) in [5.74, 6) is 1.75. The van der Waals surface area contributed by atoms with Gasteiger partial charge in [0.25, 0.3) is 0 Å². The summed E-state index contributed by atoms with van der Waals surface area (Å²) in [7, 11) is 0. The highest BCUT2D eigenvalue weighted by Gasteiger charge is 2.34. The number of carbonyl (C=O) groups excluding carboxylic acids is 1. The van der Waals surface area contributed by atoms with Crippen molar-refractivity contribution in [3.05, 3.63) is 185 Å². The first-order valence-electron chi connectivity index (χ1n) is 19.3. The standard InChI is InChI=1S/C51H38O3/c52-49-45-29-35(33-9-5-11-37(27-33)39-15-7-17-43-41-13-1-3-19-47(41)53-50(39)43)25-23-31(45)21-22-32-24-26-36(30-46(32)49)34-10-6-12-38(28-34)40-16-8-18-44-42-14-2-4-20-48(42)54-51(40)44/h1-9,11-15,17-20,23-30,32,34,40,46H,10,16,21-22H2. The van der Waals surface area contributed by atoms with Gasteiger partial charge in [-0.1, -0.05) is 134 Å². The number of para-hydroxylation sites is 3. The number of hydrogen-bond acceptors (Lipinski definition) is 3. The highest BCUT2D eigenvalue weighted by molar-refractivity contribution is 6.09. The molecule has 0 saturated heterocycles. The van der Waals surface area contributed by atoms with Gasteiger partial charge in [-0.2, -0.15) is 0 Å². The van der Waals surface area contributed by atoms with Crippen LogP contribution < -0.4 is 0 Å². The Bertz CT molecular complexity index is 2830. The molecule has 4 aliphatic rings. The van der Waals surface area contributed by atoms with Crippen LogP contribution in [0.1, 0.15) is 52.4 Å². The molecule has 4 atom stereocenters. The maximum atomic E-state index is 14.6. The number of benzene rings is 5. The lowest BCUT2D eigenvalue weighted by Gasteiger charge is -2.28. The lowest BCUT2D eigenvalue weighted by molar-refractivity contribution is 0.0923. The quantitative estimate of drug-likeness (QED) is 0.184. The van der Waals surface area contributed by atoms with E-state index in [0.717, 1.165) is 92.3 Å². The van der Waals surface area contributed by atoms with Crippen molar-refractivity contribution in [1.82, 2.24) is 0 Å². The zero-order chi connectivity index (χ0) is 35.8. The van der Waals surface area contributed by atoms with Crippen molar-refractivity contribution in [3.8, 4) is 22.3 Å². The normalized spacial score (nSPS) is 21.8. The highest BCUT2D eigenvalue weighted by atomic mass is 16.3. The molecule has 0 radical (unpaired) electrons. The van der Waals surface area contributed by atoms with Gasteiger partial charge in [-0.15, -0.1) is 0 Å². The fourth-order valence-corrected chi connectivity index (χ4v) is 9.48. The van der Waals surface area contributed by atoms with Crippen LogP contribution in [0.25, 0.3) is 61.2 Å². The average molecular weight is 699 g/mol. The second-order valence-corrected chi connectivity index (χ2v) is 15.3. The molecule has 54 heavy (non-hydrogen) atoms. The minimum absolute atomic E-state index is 0.166. The molecule has 4 unspecified atom stereocenters. The molecular formula is C51H38O3. The fraction of sp³-hybridized carbons (Fsp3) is 0.157. The number of allylic oxidation sites excluding steroid dienone is 9. The molecule has 0 spiro atoms. The summed E-state index contributed by atoms with van der Waals surface area (Å²) in [4.78, 5) is 14.6. The van der Waals surface area contributed by atoms with E-state index in [2.05, 4.69) is 140 Å². The molecule has 3 nitrogen and oxygen atoms in total. The third kappa shape index (κ3) is 5.06. The fourth-order valence-electron chi connectivity index (χ4n) is 9.48. The van der Waals surface area contributed by atoms with Crippen LogP contribution in [-0.2, 0) is 6.42 Å². The Balaban J connectivity index is 0.902. The van der Waals surface area contributed by atoms with E-state index < -0.39 is 0 Å². The molecule has 0 aliphatic heterocycles. The Labute approximate surface area is 314 Å². The maximum Gasteiger partial charge on any atom is 0.170 e. The number of furan rings is 2. The number of carbonyl (C=O) groups is 1. The van der Waals surface area contributed by atoms with Crippen LogP contribution in [0, 0.1) is 17.8 Å². The van der Waals surface area contributed by atoms with E-state index in [-0.39, 0.29) is 29.5 Å². The van der Waals surface area contributed by atoms with Gasteiger partial charge in [0.2, 0.25) is 0 Å². The largest absolute Gasteiger partial charge is 0.460 e. The summed E-state index contributed by atoms with van der Waals surface area (Å²) in [6.45, 7) is 0. The monoisotopic (exact) mass is 698 g/mol. The maximum absolute atomic E-state index is 14.6. The van der Waals surface area contributed by atoms with Crippen LogP contribution in [0.2, 0.25) is 0 Å². The molecule has 5 aromatic carbocycles. The molecule has 0 amide bonds. The van der Waals surface area contributed by atoms with Crippen molar-refractivity contribution in [2.24, 2.45) is 17.8 Å². The van der Waals surface area contributed by atoms with Crippen LogP contribution >= 0.6 is 0 Å². The number of rotatable bonds is 4. The summed E-state index contributed by atoms with van der Waals surface area (Å²) in [6.07, 6.45) is 22.2. The molecule has 4 aliphatic carbocycles. The van der Waals surface area contributed by atoms with E-state index >= 15 is 0 Å². The van der Waals surface area contributed by atoms with E-state index in [4.69, 9.17) is 8.83 Å². The van der Waals surface area contributed by atoms with E-state index in [0.29, 0.717) is 0 Å². The van der Waals surface area contributed by atoms with Gasteiger partial charge in [-0.25, -0.2) is 0 Å². The Morgan fingerprint density at radius 2 is 1.37 bits per heavy atom. The van der Waals surface area contributed by atoms with Gasteiger partial charge in [-0.05, 0) is 89.3 Å². The van der Waals surface area contributed by atoms with E-state index in [1.165, 1.54) is 22.1 Å². The van der Waals surface area contributed by atoms with E-state index in [1.807, 2.05) is 18.2 Å². The zero-order valence-electron chi connectivity index (χ0n) is 29.9. The first-order valence-corrected chi connectivity index (χ1v) is 19.3. The number of ketones is 1. The van der Waals surface area contributed by atoms with Gasteiger partial charge in [0.05, 0.1) is 0 Å². The lowest BCUT2D eigenvalue weighted by Crippen LogP contribution is -2.23. The predicted molar refractivity (Wildman–Crippen MR) is 219 cm³/mol. The first-order chi connectivity index (χ1) is 26.7. The summed E-state index contributed by atoms with van der Waals surface area (Å²) in [5.41, 5.74) is 12.8. The average Bonchev–Trinajstić information content (AvgIpc) is 3.77. The second kappa shape index (κ2) is 12.5. The Kier molecular flexibility index (Phi) is 7.23. The SMILES string of the molecule is O=C1c2cc(-c3cccc(-c4cccc5c4oc4ccccc45)c3)ccc2CCC2C=CC(C3C=C(C4CC=Cc5c4oc4ccccc54)C=CC3)=CC12. The molecule has 0 N–H and O–H groups in total. The van der Waals surface area contributed by atoms with Crippen molar-refractivity contribution in [2.45, 2.75) is 31.6 Å². The molecule has 2 heterocycles. The zero-order valence-corrected chi connectivity index (χ0v) is 29.9. The molecule has 7 aromatic rings. The minimum atomic E-state index is -0.166. The van der Waals surface area contributed by atoms with Crippen molar-refractivity contribution in [3.63, 3.8) is 0 Å². The second-order valence-electron chi connectivity index (χ2n) is 15.3. The minimum Gasteiger partial charge on any atom is -0.460 e. The highest BCUT2D eigenvalue weighted by Crippen LogP contribution is 2.45. The van der Waals surface area contributed by atoms with Crippen LogP contribution in [0.5, 0.6) is 0 Å². The smallest absolute Gasteiger partial charge is 0.170 e. The number of fused-ring (bicyclic) bond motifs is 8. The summed E-state index contributed by atoms with van der Waals surface area (Å²) >= 11 is 0. The Hall–Kier alpha value is -6.19. The molecule has 260 valence electrons. The van der Waals surface area contributed by atoms with Gasteiger partial charge in [0, 0.05) is 50.6 Å². The predicted octanol–water partition coefficient (Wildman–Crippen LogP) is 13.2. The Morgan fingerprint density at radius 1 is 0.593 bits per heavy atom. The van der Waals surface area contributed by atoms with Gasteiger partial charge >= 0.3 is 0 Å². The van der Waals surface area contributed by atoms with Crippen molar-refractivity contribution >= 4 is 44.8 Å². The van der Waals surface area contributed by atoms with Crippen molar-refractivity contribution < 1.29 is 13.6 Å². The van der Waals surface area contributed by atoms with Crippen molar-refractivity contribution in [2.75, 3.05) is 0 Å². The lowest BCUT2D eigenvalue weighted by atomic mass is 9.75. The van der Waals surface area contributed by atoms with Crippen LogP contribution in [0.3, 0.4) is 0 Å². The van der Waals surface area contributed by atoms with Gasteiger partial charge in [0.15, 0.2) is 5.78 Å². The van der Waals surface area contributed by atoms with Crippen LogP contribution in [0.4, 0.5) is 0 Å². The first kappa shape index (κ1) is 31.3. The van der Waals surface area contributed by atoms with Crippen LogP contribution in [-0.4, -0.2) is 5.78 Å². The molecular weight excluding hydrogens is 661 g/mol. The van der Waals surface area contributed by atoms with Crippen molar-refractivity contribution in [1.29, 1.82) is 0 Å². The van der Waals surface area contributed by atoms with E-state index in [9.17, 15) is 4.79 Å². The number of hydrogen-bond donors (Lipinski definition) is 0. The molecule has 0 fully saturated rings. The Morgan fingerprint density at radius 3 is 2.30 bits per heavy atom. The number of Topliss-reactive ketones (excluding diaryl/α,β-unsaturated/α-hetero) is 1. The molecule has 11 rings (SSSR count). The topological polar surface area (TPSA) is 43.4 Å². The van der Waals surface area contributed by atoms with Crippen LogP contribution in [0.15, 0.2) is 172 Å². The number of aryl methyl sites for hydroxylation is 1. The molecule has 0 bridgehead atoms. The van der Waals surface area contributed by atoms with E-state index in [1.54, 1.807) is 0 Å². The molecule has 0 saturated carbocycles.